The lowest BCUT2D eigenvalue weighted by atomic mass is 10.1. The van der Waals surface area contributed by atoms with Crippen LogP contribution in [0, 0.1) is 12.3 Å². The summed E-state index contributed by atoms with van der Waals surface area (Å²) in [7, 11) is 0. The van der Waals surface area contributed by atoms with Gasteiger partial charge in [0.05, 0.1) is 0 Å². The zero-order valence-corrected chi connectivity index (χ0v) is 11.4. The molecule has 1 N–H and O–H groups in total. The second-order valence-corrected chi connectivity index (χ2v) is 4.01. The quantitative estimate of drug-likeness (QED) is 0.739. The van der Waals surface area contributed by atoms with Crippen LogP contribution in [-0.4, -0.2) is 30.4 Å². The van der Waals surface area contributed by atoms with Gasteiger partial charge in [0, 0.05) is 13.0 Å². The third kappa shape index (κ3) is 5.59. The van der Waals surface area contributed by atoms with Crippen molar-refractivity contribution in [1.29, 1.82) is 0 Å². The SMILES string of the molecule is C#CC=CCOc1ccc(CC(OCC)C(=O)O)cc1. The standard InChI is InChI=1S/C16H18O4/c1-3-5-6-11-20-14-9-7-13(8-10-14)12-15(16(17)18)19-4-2/h1,5-10,15H,4,11-12H2,2H3,(H,17,18). The predicted molar refractivity (Wildman–Crippen MR) is 76.7 cm³/mol. The van der Waals surface area contributed by atoms with Crippen molar-refractivity contribution in [3.63, 3.8) is 0 Å². The van der Waals surface area contributed by atoms with Gasteiger partial charge in [-0.3, -0.25) is 0 Å². The number of aliphatic carboxylic acids is 1. The van der Waals surface area contributed by atoms with Crippen LogP contribution >= 0.6 is 0 Å². The molecule has 4 nitrogen and oxygen atoms in total. The smallest absolute Gasteiger partial charge is 0.333 e. The Morgan fingerprint density at radius 3 is 2.70 bits per heavy atom. The molecule has 4 heteroatoms. The van der Waals surface area contributed by atoms with Crippen molar-refractivity contribution in [3.05, 3.63) is 42.0 Å². The first-order valence-electron chi connectivity index (χ1n) is 6.34. The molecule has 0 aliphatic carbocycles. The Morgan fingerprint density at radius 1 is 1.45 bits per heavy atom. The maximum atomic E-state index is 11.0. The highest BCUT2D eigenvalue weighted by atomic mass is 16.5. The fraction of sp³-hybridized carbons (Fsp3) is 0.312. The van der Waals surface area contributed by atoms with Crippen molar-refractivity contribution in [3.8, 4) is 18.1 Å². The minimum absolute atomic E-state index is 0.334. The largest absolute Gasteiger partial charge is 0.490 e. The molecule has 0 aliphatic rings. The van der Waals surface area contributed by atoms with E-state index in [4.69, 9.17) is 21.0 Å². The molecule has 1 atom stereocenters. The van der Waals surface area contributed by atoms with Crippen LogP contribution in [0.2, 0.25) is 0 Å². The lowest BCUT2D eigenvalue weighted by molar-refractivity contribution is -0.149. The number of carbonyl (C=O) groups is 1. The highest BCUT2D eigenvalue weighted by Gasteiger charge is 2.17. The second-order valence-electron chi connectivity index (χ2n) is 4.01. The van der Waals surface area contributed by atoms with Crippen LogP contribution in [0.15, 0.2) is 36.4 Å². The molecule has 106 valence electrons. The Morgan fingerprint density at radius 2 is 2.15 bits per heavy atom. The van der Waals surface area contributed by atoms with Gasteiger partial charge in [-0.2, -0.15) is 0 Å². The van der Waals surface area contributed by atoms with E-state index in [-0.39, 0.29) is 0 Å². The number of hydrogen-bond donors (Lipinski definition) is 1. The van der Waals surface area contributed by atoms with Crippen LogP contribution in [0.25, 0.3) is 0 Å². The maximum absolute atomic E-state index is 11.0. The normalized spacial score (nSPS) is 12.0. The molecule has 1 rings (SSSR count). The van der Waals surface area contributed by atoms with Crippen LogP contribution < -0.4 is 4.74 Å². The average molecular weight is 274 g/mol. The minimum Gasteiger partial charge on any atom is -0.490 e. The Hall–Kier alpha value is -2.25. The zero-order valence-electron chi connectivity index (χ0n) is 11.4. The van der Waals surface area contributed by atoms with E-state index in [1.54, 1.807) is 31.2 Å². The van der Waals surface area contributed by atoms with Gasteiger partial charge in [-0.15, -0.1) is 6.42 Å². The van der Waals surface area contributed by atoms with Gasteiger partial charge in [0.1, 0.15) is 12.4 Å². The van der Waals surface area contributed by atoms with Crippen LogP contribution in [0.1, 0.15) is 12.5 Å². The van der Waals surface area contributed by atoms with Crippen molar-refractivity contribution in [1.82, 2.24) is 0 Å². The number of carboxylic acids is 1. The number of carboxylic acid groups (broad SMARTS) is 1. The zero-order chi connectivity index (χ0) is 14.8. The average Bonchev–Trinajstić information content (AvgIpc) is 2.44. The van der Waals surface area contributed by atoms with E-state index < -0.39 is 12.1 Å². The van der Waals surface area contributed by atoms with Crippen LogP contribution in [0.4, 0.5) is 0 Å². The molecule has 0 radical (unpaired) electrons. The predicted octanol–water partition coefficient (Wildman–Crippen LogP) is 2.29. The van der Waals surface area contributed by atoms with Gasteiger partial charge in [0.15, 0.2) is 6.10 Å². The van der Waals surface area contributed by atoms with Crippen molar-refractivity contribution in [2.24, 2.45) is 0 Å². The Labute approximate surface area is 119 Å². The summed E-state index contributed by atoms with van der Waals surface area (Å²) < 4.78 is 10.6. The molecule has 20 heavy (non-hydrogen) atoms. The summed E-state index contributed by atoms with van der Waals surface area (Å²) in [5.41, 5.74) is 0.886. The molecule has 0 aliphatic heterocycles. The first kappa shape index (κ1) is 15.8. The van der Waals surface area contributed by atoms with Gasteiger partial charge in [-0.25, -0.2) is 4.79 Å². The fourth-order valence-electron chi connectivity index (χ4n) is 1.62. The summed E-state index contributed by atoms with van der Waals surface area (Å²) >= 11 is 0. The molecule has 0 saturated heterocycles. The number of benzene rings is 1. The number of terminal acetylenes is 1. The molecule has 0 heterocycles. The van der Waals surface area contributed by atoms with Gasteiger partial charge in [0.2, 0.25) is 0 Å². The Balaban J connectivity index is 2.55. The third-order valence-corrected chi connectivity index (χ3v) is 2.55. The first-order valence-corrected chi connectivity index (χ1v) is 6.34. The topological polar surface area (TPSA) is 55.8 Å². The van der Waals surface area contributed by atoms with Crippen molar-refractivity contribution in [2.45, 2.75) is 19.4 Å². The van der Waals surface area contributed by atoms with Crippen LogP contribution in [-0.2, 0) is 16.0 Å². The molecular formula is C16H18O4. The summed E-state index contributed by atoms with van der Waals surface area (Å²) in [6.07, 6.45) is 7.91. The fourth-order valence-corrected chi connectivity index (χ4v) is 1.62. The lowest BCUT2D eigenvalue weighted by Crippen LogP contribution is -2.26. The van der Waals surface area contributed by atoms with E-state index in [2.05, 4.69) is 5.92 Å². The third-order valence-electron chi connectivity index (χ3n) is 2.55. The summed E-state index contributed by atoms with van der Waals surface area (Å²) in [6, 6.07) is 7.25. The summed E-state index contributed by atoms with van der Waals surface area (Å²) in [5.74, 6) is 2.13. The van der Waals surface area contributed by atoms with E-state index in [0.29, 0.717) is 25.4 Å². The molecule has 1 aromatic rings. The minimum atomic E-state index is -0.952. The van der Waals surface area contributed by atoms with Crippen molar-refractivity contribution < 1.29 is 19.4 Å². The molecular weight excluding hydrogens is 256 g/mol. The second kappa shape index (κ2) is 8.78. The maximum Gasteiger partial charge on any atom is 0.333 e. The highest BCUT2D eigenvalue weighted by Crippen LogP contribution is 2.14. The van der Waals surface area contributed by atoms with Crippen molar-refractivity contribution in [2.75, 3.05) is 13.2 Å². The van der Waals surface area contributed by atoms with E-state index in [1.165, 1.54) is 0 Å². The highest BCUT2D eigenvalue weighted by molar-refractivity contribution is 5.72. The monoisotopic (exact) mass is 274 g/mol. The van der Waals surface area contributed by atoms with E-state index in [0.717, 1.165) is 5.56 Å². The van der Waals surface area contributed by atoms with Gasteiger partial charge < -0.3 is 14.6 Å². The van der Waals surface area contributed by atoms with Gasteiger partial charge in [0.25, 0.3) is 0 Å². The molecule has 0 saturated carbocycles. The number of rotatable bonds is 8. The molecule has 1 unspecified atom stereocenters. The molecule has 0 spiro atoms. The molecule has 0 bridgehead atoms. The Kier molecular flexibility index (Phi) is 6.94. The van der Waals surface area contributed by atoms with Gasteiger partial charge in [-0.05, 0) is 36.8 Å². The first-order chi connectivity index (χ1) is 9.67. The van der Waals surface area contributed by atoms with E-state index in [9.17, 15) is 4.79 Å². The van der Waals surface area contributed by atoms with Crippen LogP contribution in [0.3, 0.4) is 0 Å². The molecule has 0 amide bonds. The van der Waals surface area contributed by atoms with Gasteiger partial charge >= 0.3 is 5.97 Å². The van der Waals surface area contributed by atoms with Crippen molar-refractivity contribution >= 4 is 5.97 Å². The summed E-state index contributed by atoms with van der Waals surface area (Å²) in [4.78, 5) is 11.0. The molecule has 0 fully saturated rings. The summed E-state index contributed by atoms with van der Waals surface area (Å²) in [5, 5.41) is 9.01. The van der Waals surface area contributed by atoms with Crippen LogP contribution in [0.5, 0.6) is 5.75 Å². The number of hydrogen-bond acceptors (Lipinski definition) is 3. The Bertz CT molecular complexity index is 482. The number of allylic oxidation sites excluding steroid dienone is 1. The van der Waals surface area contributed by atoms with Gasteiger partial charge in [-0.1, -0.05) is 18.1 Å². The van der Waals surface area contributed by atoms with E-state index >= 15 is 0 Å². The molecule has 0 aromatic heterocycles. The number of ether oxygens (including phenoxy) is 2. The summed E-state index contributed by atoms with van der Waals surface area (Å²) in [6.45, 7) is 2.55. The lowest BCUT2D eigenvalue weighted by Gasteiger charge is -2.12. The molecule has 1 aromatic carbocycles. The van der Waals surface area contributed by atoms with E-state index in [1.807, 2.05) is 12.1 Å².